The molecule has 2 aliphatic rings. The summed E-state index contributed by atoms with van der Waals surface area (Å²) in [5, 5.41) is 4.76. The van der Waals surface area contributed by atoms with Crippen molar-refractivity contribution in [1.82, 2.24) is 10.0 Å². The summed E-state index contributed by atoms with van der Waals surface area (Å²) in [5.74, 6) is 0.925. The maximum Gasteiger partial charge on any atom is 0.0787 e. The number of hydrogen-bond donors (Lipinski definition) is 0. The molecule has 2 nitrogen and oxygen atoms in total. The molecule has 7 heavy (non-hydrogen) atoms. The Bertz CT molecular complexity index is 82.1. The van der Waals surface area contributed by atoms with Crippen LogP contribution >= 0.6 is 0 Å². The highest BCUT2D eigenvalue weighted by atomic mass is 15.8. The summed E-state index contributed by atoms with van der Waals surface area (Å²) in [7, 11) is 0. The van der Waals surface area contributed by atoms with Crippen LogP contribution in [0.3, 0.4) is 0 Å². The van der Waals surface area contributed by atoms with Gasteiger partial charge in [-0.3, -0.25) is 0 Å². The largest absolute Gasteiger partial charge is 0.225 e. The van der Waals surface area contributed by atoms with E-state index in [0.29, 0.717) is 0 Å². The molecule has 2 atom stereocenters. The second-order valence-electron chi connectivity index (χ2n) is 2.62. The van der Waals surface area contributed by atoms with E-state index in [2.05, 4.69) is 16.9 Å². The first-order chi connectivity index (χ1) is 3.36. The first-order valence-corrected chi connectivity index (χ1v) is 2.86. The molecule has 2 unspecified atom stereocenters. The van der Waals surface area contributed by atoms with Gasteiger partial charge in [-0.15, -0.1) is 0 Å². The van der Waals surface area contributed by atoms with Crippen LogP contribution in [0.1, 0.15) is 6.92 Å². The quantitative estimate of drug-likeness (QED) is 0.397. The van der Waals surface area contributed by atoms with Crippen molar-refractivity contribution in [2.45, 2.75) is 6.92 Å². The summed E-state index contributed by atoms with van der Waals surface area (Å²) in [5.41, 5.74) is 0. The van der Waals surface area contributed by atoms with E-state index in [4.69, 9.17) is 0 Å². The number of nitrogens with zero attached hydrogens (tertiary/aromatic N) is 2. The van der Waals surface area contributed by atoms with Crippen LogP contribution in [0, 0.1) is 5.92 Å². The van der Waals surface area contributed by atoms with Crippen molar-refractivity contribution in [3.63, 3.8) is 0 Å². The molecule has 0 N–H and O–H groups in total. The second-order valence-corrected chi connectivity index (χ2v) is 2.62. The average molecular weight is 98.1 g/mol. The lowest BCUT2D eigenvalue weighted by molar-refractivity contribution is 0.412. The van der Waals surface area contributed by atoms with Gasteiger partial charge in [0.05, 0.1) is 6.67 Å². The summed E-state index contributed by atoms with van der Waals surface area (Å²) < 4.78 is 0. The summed E-state index contributed by atoms with van der Waals surface area (Å²) in [6.45, 7) is 6.15. The predicted octanol–water partition coefficient (Wildman–Crippen LogP) is 0.126. The molecule has 0 bridgehead atoms. The molecule has 2 aliphatic heterocycles. The molecule has 0 aromatic carbocycles. The summed E-state index contributed by atoms with van der Waals surface area (Å²) in [6, 6.07) is 0. The molecule has 2 heteroatoms. The fraction of sp³-hybridized carbons (Fsp3) is 1.00. The van der Waals surface area contributed by atoms with Crippen LogP contribution in [0.4, 0.5) is 0 Å². The fourth-order valence-electron chi connectivity index (χ4n) is 1.28. The van der Waals surface area contributed by atoms with E-state index in [1.54, 1.807) is 0 Å². The van der Waals surface area contributed by atoms with Gasteiger partial charge in [0, 0.05) is 13.1 Å². The van der Waals surface area contributed by atoms with E-state index in [-0.39, 0.29) is 0 Å². The zero-order chi connectivity index (χ0) is 4.85. The molecule has 0 aromatic heterocycles. The molecule has 0 aromatic rings. The van der Waals surface area contributed by atoms with Crippen molar-refractivity contribution in [3.8, 4) is 0 Å². The number of fused-ring (bicyclic) bond motifs is 1. The highest BCUT2D eigenvalue weighted by Crippen LogP contribution is 2.25. The van der Waals surface area contributed by atoms with Gasteiger partial charge in [0.1, 0.15) is 0 Å². The van der Waals surface area contributed by atoms with Crippen LogP contribution in [0.15, 0.2) is 0 Å². The van der Waals surface area contributed by atoms with Crippen LogP contribution < -0.4 is 0 Å². The first kappa shape index (κ1) is 3.87. The van der Waals surface area contributed by atoms with E-state index < -0.39 is 0 Å². The van der Waals surface area contributed by atoms with Crippen LogP contribution in [0.25, 0.3) is 0 Å². The van der Waals surface area contributed by atoms with Crippen molar-refractivity contribution in [2.75, 3.05) is 19.8 Å². The van der Waals surface area contributed by atoms with Gasteiger partial charge >= 0.3 is 0 Å². The third-order valence-corrected chi connectivity index (χ3v) is 1.69. The van der Waals surface area contributed by atoms with Crippen molar-refractivity contribution >= 4 is 0 Å². The molecule has 0 saturated carbocycles. The Morgan fingerprint density at radius 3 is 2.14 bits per heavy atom. The Hall–Kier alpha value is -0.0800. The van der Waals surface area contributed by atoms with E-state index in [1.807, 2.05) is 0 Å². The minimum atomic E-state index is 0.925. The van der Waals surface area contributed by atoms with E-state index in [9.17, 15) is 0 Å². The maximum absolute atomic E-state index is 2.38. The average Bonchev–Trinajstić information content (AvgIpc) is 2.15. The summed E-state index contributed by atoms with van der Waals surface area (Å²) in [4.78, 5) is 0. The lowest BCUT2D eigenvalue weighted by Crippen LogP contribution is -2.05. The lowest BCUT2D eigenvalue weighted by atomic mass is 10.2. The van der Waals surface area contributed by atoms with Gasteiger partial charge in [0.15, 0.2) is 0 Å². The number of rotatable bonds is 0. The van der Waals surface area contributed by atoms with Crippen molar-refractivity contribution < 1.29 is 0 Å². The highest BCUT2D eigenvalue weighted by Gasteiger charge is 2.38. The van der Waals surface area contributed by atoms with Gasteiger partial charge in [-0.05, 0) is 5.92 Å². The molecular formula is C5H10N2. The zero-order valence-corrected chi connectivity index (χ0v) is 4.59. The highest BCUT2D eigenvalue weighted by molar-refractivity contribution is 4.80. The lowest BCUT2D eigenvalue weighted by Gasteiger charge is -1.96. The molecular weight excluding hydrogens is 88.1 g/mol. The van der Waals surface area contributed by atoms with Crippen molar-refractivity contribution in [3.05, 3.63) is 0 Å². The first-order valence-electron chi connectivity index (χ1n) is 2.86. The van der Waals surface area contributed by atoms with Gasteiger partial charge in [0.25, 0.3) is 0 Å². The third-order valence-electron chi connectivity index (χ3n) is 1.69. The van der Waals surface area contributed by atoms with Gasteiger partial charge in [-0.2, -0.15) is 0 Å². The molecule has 0 radical (unpaired) electrons. The Labute approximate surface area is 43.7 Å². The molecule has 2 saturated heterocycles. The van der Waals surface area contributed by atoms with Crippen molar-refractivity contribution in [2.24, 2.45) is 5.92 Å². The van der Waals surface area contributed by atoms with Crippen LogP contribution in [-0.4, -0.2) is 29.8 Å². The molecule has 2 heterocycles. The SMILES string of the molecule is CC1CN2CN2C1. The Balaban J connectivity index is 2.02. The van der Waals surface area contributed by atoms with E-state index in [1.165, 1.54) is 19.8 Å². The van der Waals surface area contributed by atoms with E-state index in [0.717, 1.165) is 5.92 Å². The number of hydrazine groups is 1. The topological polar surface area (TPSA) is 6.02 Å². The monoisotopic (exact) mass is 98.1 g/mol. The minimum Gasteiger partial charge on any atom is -0.225 e. The summed E-state index contributed by atoms with van der Waals surface area (Å²) in [6.07, 6.45) is 0. The van der Waals surface area contributed by atoms with Gasteiger partial charge < -0.3 is 0 Å². The van der Waals surface area contributed by atoms with Crippen molar-refractivity contribution in [1.29, 1.82) is 0 Å². The smallest absolute Gasteiger partial charge is 0.0787 e. The summed E-state index contributed by atoms with van der Waals surface area (Å²) >= 11 is 0. The van der Waals surface area contributed by atoms with Crippen LogP contribution in [0.5, 0.6) is 0 Å². The van der Waals surface area contributed by atoms with Gasteiger partial charge in [-0.1, -0.05) is 6.92 Å². The van der Waals surface area contributed by atoms with Crippen LogP contribution in [-0.2, 0) is 0 Å². The normalized spacial score (nSPS) is 57.0. The van der Waals surface area contributed by atoms with Gasteiger partial charge in [-0.25, -0.2) is 10.0 Å². The fourth-order valence-corrected chi connectivity index (χ4v) is 1.28. The molecule has 0 amide bonds. The molecule has 0 spiro atoms. The Kier molecular flexibility index (Phi) is 0.557. The van der Waals surface area contributed by atoms with E-state index >= 15 is 0 Å². The molecule has 2 fully saturated rings. The zero-order valence-electron chi connectivity index (χ0n) is 4.59. The standard InChI is InChI=1S/C5H10N2/c1-5-2-6-4-7(6)3-5/h5H,2-4H2,1H3. The van der Waals surface area contributed by atoms with Crippen LogP contribution in [0.2, 0.25) is 0 Å². The minimum absolute atomic E-state index is 0.925. The Morgan fingerprint density at radius 2 is 1.86 bits per heavy atom. The predicted molar refractivity (Wildman–Crippen MR) is 27.4 cm³/mol. The Morgan fingerprint density at radius 1 is 1.29 bits per heavy atom. The molecule has 2 rings (SSSR count). The third kappa shape index (κ3) is 0.469. The second kappa shape index (κ2) is 1.01. The molecule has 0 aliphatic carbocycles. The maximum atomic E-state index is 2.38. The number of hydrogen-bond acceptors (Lipinski definition) is 2. The molecule has 40 valence electrons. The van der Waals surface area contributed by atoms with Gasteiger partial charge in [0.2, 0.25) is 0 Å².